The first-order valence-corrected chi connectivity index (χ1v) is 7.78. The van der Waals surface area contributed by atoms with E-state index in [0.717, 1.165) is 0 Å². The molecule has 0 bridgehead atoms. The van der Waals surface area contributed by atoms with Crippen LogP contribution in [0.4, 0.5) is 11.5 Å². The zero-order valence-electron chi connectivity index (χ0n) is 10.1. The number of nitro groups is 1. The first kappa shape index (κ1) is 14.0. The predicted molar refractivity (Wildman–Crippen MR) is 71.4 cm³/mol. The third kappa shape index (κ3) is 2.95. The van der Waals surface area contributed by atoms with E-state index in [1.165, 1.54) is 12.1 Å². The molecule has 7 nitrogen and oxygen atoms in total. The molecule has 0 amide bonds. The molecule has 1 unspecified atom stereocenters. The van der Waals surface area contributed by atoms with Crippen LogP contribution in [0, 0.1) is 10.1 Å². The maximum atomic E-state index is 11.5. The van der Waals surface area contributed by atoms with Gasteiger partial charge in [-0.3, -0.25) is 10.1 Å². The summed E-state index contributed by atoms with van der Waals surface area (Å²) in [5, 5.41) is 11.1. The smallest absolute Gasteiger partial charge is 0.311 e. The Balaban J connectivity index is 2.42. The van der Waals surface area contributed by atoms with Gasteiger partial charge in [0.15, 0.2) is 9.84 Å². The highest BCUT2D eigenvalue weighted by molar-refractivity contribution is 7.91. The van der Waals surface area contributed by atoms with E-state index < -0.39 is 14.8 Å². The van der Waals surface area contributed by atoms with Gasteiger partial charge in [-0.25, -0.2) is 13.4 Å². The van der Waals surface area contributed by atoms with Crippen molar-refractivity contribution in [2.24, 2.45) is 0 Å². The fourth-order valence-electron chi connectivity index (χ4n) is 2.09. The van der Waals surface area contributed by atoms with Crippen molar-refractivity contribution in [3.8, 4) is 0 Å². The Morgan fingerprint density at radius 3 is 2.79 bits per heavy atom. The number of aromatic nitrogens is 1. The van der Waals surface area contributed by atoms with Gasteiger partial charge in [0.1, 0.15) is 5.15 Å². The molecule has 1 aromatic heterocycles. The quantitative estimate of drug-likeness (QED) is 0.464. The zero-order chi connectivity index (χ0) is 14.2. The lowest BCUT2D eigenvalue weighted by molar-refractivity contribution is -0.384. The summed E-state index contributed by atoms with van der Waals surface area (Å²) < 4.78 is 23.0. The van der Waals surface area contributed by atoms with E-state index in [2.05, 4.69) is 4.98 Å². The molecule has 9 heteroatoms. The molecule has 0 N–H and O–H groups in total. The van der Waals surface area contributed by atoms with Gasteiger partial charge in [-0.05, 0) is 13.0 Å². The van der Waals surface area contributed by atoms with Crippen LogP contribution < -0.4 is 4.90 Å². The van der Waals surface area contributed by atoms with E-state index in [-0.39, 0.29) is 40.8 Å². The van der Waals surface area contributed by atoms with Crippen molar-refractivity contribution in [3.63, 3.8) is 0 Å². The first-order valence-electron chi connectivity index (χ1n) is 5.58. The van der Waals surface area contributed by atoms with E-state index in [1.807, 2.05) is 0 Å². The van der Waals surface area contributed by atoms with Crippen LogP contribution in [-0.2, 0) is 9.84 Å². The van der Waals surface area contributed by atoms with E-state index in [4.69, 9.17) is 11.6 Å². The van der Waals surface area contributed by atoms with Crippen LogP contribution in [0.3, 0.4) is 0 Å². The Labute approximate surface area is 115 Å². The molecule has 104 valence electrons. The summed E-state index contributed by atoms with van der Waals surface area (Å²) in [5.74, 6) is 0.0426. The molecule has 0 radical (unpaired) electrons. The Bertz CT molecular complexity index is 619. The van der Waals surface area contributed by atoms with Crippen molar-refractivity contribution in [3.05, 3.63) is 27.4 Å². The normalized spacial score (nSPS) is 22.2. The molecule has 1 fully saturated rings. The molecule has 0 saturated carbocycles. The van der Waals surface area contributed by atoms with E-state index in [9.17, 15) is 18.5 Å². The molecule has 1 aliphatic heterocycles. The summed E-state index contributed by atoms with van der Waals surface area (Å²) in [5.41, 5.74) is -0.171. The van der Waals surface area contributed by atoms with Crippen molar-refractivity contribution in [2.45, 2.75) is 13.0 Å². The van der Waals surface area contributed by atoms with E-state index >= 15 is 0 Å². The predicted octanol–water partition coefficient (Wildman–Crippen LogP) is 1.27. The highest BCUT2D eigenvalue weighted by Gasteiger charge is 2.32. The van der Waals surface area contributed by atoms with Gasteiger partial charge >= 0.3 is 5.69 Å². The lowest BCUT2D eigenvalue weighted by atomic mass is 10.2. The molecule has 1 aliphatic rings. The molecule has 2 heterocycles. The zero-order valence-corrected chi connectivity index (χ0v) is 11.7. The SMILES string of the molecule is CC1CS(=O)(=O)CCN1c1nc(Cl)ccc1[N+](=O)[O-]. The second kappa shape index (κ2) is 4.93. The van der Waals surface area contributed by atoms with Gasteiger partial charge in [0.05, 0.1) is 16.4 Å². The summed E-state index contributed by atoms with van der Waals surface area (Å²) in [7, 11) is -3.09. The Kier molecular flexibility index (Phi) is 3.64. The van der Waals surface area contributed by atoms with Gasteiger partial charge in [0.25, 0.3) is 0 Å². The van der Waals surface area contributed by atoms with Crippen molar-refractivity contribution in [1.82, 2.24) is 4.98 Å². The van der Waals surface area contributed by atoms with Gasteiger partial charge in [-0.2, -0.15) is 0 Å². The van der Waals surface area contributed by atoms with Gasteiger partial charge in [-0.1, -0.05) is 11.6 Å². The summed E-state index contributed by atoms with van der Waals surface area (Å²) >= 11 is 5.77. The number of halogens is 1. The molecule has 1 atom stereocenters. The van der Waals surface area contributed by atoms with Crippen molar-refractivity contribution < 1.29 is 13.3 Å². The standard InChI is InChI=1S/C10H12ClN3O4S/c1-7-6-19(17,18)5-4-13(7)10-8(14(15)16)2-3-9(11)12-10/h2-3,7H,4-6H2,1H3. The number of hydrogen-bond donors (Lipinski definition) is 0. The average molecular weight is 306 g/mol. The van der Waals surface area contributed by atoms with Gasteiger partial charge in [-0.15, -0.1) is 0 Å². The van der Waals surface area contributed by atoms with Crippen molar-refractivity contribution in [1.29, 1.82) is 0 Å². The molecule has 0 spiro atoms. The molecule has 19 heavy (non-hydrogen) atoms. The summed E-state index contributed by atoms with van der Waals surface area (Å²) in [6.07, 6.45) is 0. The van der Waals surface area contributed by atoms with Crippen LogP contribution in [0.1, 0.15) is 6.92 Å². The minimum absolute atomic E-state index is 0.0390. The number of pyridine rings is 1. The monoisotopic (exact) mass is 305 g/mol. The average Bonchev–Trinajstić information content (AvgIpc) is 2.27. The van der Waals surface area contributed by atoms with Gasteiger partial charge in [0, 0.05) is 18.7 Å². The summed E-state index contributed by atoms with van der Waals surface area (Å²) in [6, 6.07) is 2.25. The van der Waals surface area contributed by atoms with E-state index in [0.29, 0.717) is 0 Å². The molecule has 2 rings (SSSR count). The third-order valence-electron chi connectivity index (χ3n) is 2.96. The first-order chi connectivity index (χ1) is 8.80. The largest absolute Gasteiger partial charge is 0.346 e. The number of hydrogen-bond acceptors (Lipinski definition) is 6. The van der Waals surface area contributed by atoms with Crippen LogP contribution in [-0.4, -0.2) is 42.4 Å². The third-order valence-corrected chi connectivity index (χ3v) is 4.97. The molecule has 1 saturated heterocycles. The highest BCUT2D eigenvalue weighted by Crippen LogP contribution is 2.30. The van der Waals surface area contributed by atoms with Crippen LogP contribution in [0.25, 0.3) is 0 Å². The lowest BCUT2D eigenvalue weighted by Gasteiger charge is -2.33. The lowest BCUT2D eigenvalue weighted by Crippen LogP contribution is -2.47. The second-order valence-corrected chi connectivity index (χ2v) is 7.01. The fraction of sp³-hybridized carbons (Fsp3) is 0.500. The Hall–Kier alpha value is -1.41. The molecule has 1 aromatic rings. The van der Waals surface area contributed by atoms with Crippen LogP contribution in [0.5, 0.6) is 0 Å². The highest BCUT2D eigenvalue weighted by atomic mass is 35.5. The van der Waals surface area contributed by atoms with Gasteiger partial charge in [0.2, 0.25) is 5.82 Å². The topological polar surface area (TPSA) is 93.4 Å². The van der Waals surface area contributed by atoms with E-state index in [1.54, 1.807) is 11.8 Å². The van der Waals surface area contributed by atoms with Crippen LogP contribution in [0.15, 0.2) is 12.1 Å². The Morgan fingerprint density at radius 1 is 1.53 bits per heavy atom. The number of rotatable bonds is 2. The van der Waals surface area contributed by atoms with Crippen LogP contribution >= 0.6 is 11.6 Å². The molecule has 0 aromatic carbocycles. The minimum Gasteiger partial charge on any atom is -0.346 e. The molecule has 0 aliphatic carbocycles. The fourth-order valence-corrected chi connectivity index (χ4v) is 3.78. The second-order valence-electron chi connectivity index (χ2n) is 4.39. The molecular formula is C10H12ClN3O4S. The van der Waals surface area contributed by atoms with Crippen molar-refractivity contribution >= 4 is 32.9 Å². The summed E-state index contributed by atoms with van der Waals surface area (Å²) in [4.78, 5) is 16.0. The van der Waals surface area contributed by atoms with Crippen molar-refractivity contribution in [2.75, 3.05) is 23.0 Å². The molecular weight excluding hydrogens is 294 g/mol. The Morgan fingerprint density at radius 2 is 2.21 bits per heavy atom. The van der Waals surface area contributed by atoms with Crippen LogP contribution in [0.2, 0.25) is 5.15 Å². The maximum Gasteiger partial charge on any atom is 0.311 e. The van der Waals surface area contributed by atoms with Gasteiger partial charge < -0.3 is 4.90 Å². The number of sulfone groups is 1. The minimum atomic E-state index is -3.09. The summed E-state index contributed by atoms with van der Waals surface area (Å²) in [6.45, 7) is 1.88. The maximum absolute atomic E-state index is 11.5. The number of nitrogens with zero attached hydrogens (tertiary/aromatic N) is 3. The number of anilines is 1.